The van der Waals surface area contributed by atoms with E-state index in [2.05, 4.69) is 0 Å². The zero-order valence-corrected chi connectivity index (χ0v) is 3.29. The van der Waals surface area contributed by atoms with Gasteiger partial charge in [-0.05, 0) is 0 Å². The fourth-order valence-electron chi connectivity index (χ4n) is 0. The van der Waals surface area contributed by atoms with Gasteiger partial charge in [0.1, 0.15) is 0 Å². The van der Waals surface area contributed by atoms with Crippen molar-refractivity contribution in [2.75, 3.05) is 0 Å². The second-order valence-electron chi connectivity index (χ2n) is 0.600. The van der Waals surface area contributed by atoms with Crippen LogP contribution >= 0.6 is 0 Å². The van der Waals surface area contributed by atoms with Gasteiger partial charge >= 0.3 is 54.5 Å². The zero-order valence-electron chi connectivity index (χ0n) is 2.29. The predicted molar refractivity (Wildman–Crippen MR) is 33.1 cm³/mol. The van der Waals surface area contributed by atoms with Gasteiger partial charge in [0.2, 0.25) is 0 Å². The second-order valence-corrected chi connectivity index (χ2v) is 1.80. The molecule has 0 aliphatic rings. The van der Waals surface area contributed by atoms with Gasteiger partial charge in [-0.3, -0.25) is 0 Å². The average Bonchev–Trinajstić information content (AvgIpc) is 0.722. The van der Waals surface area contributed by atoms with Crippen LogP contribution in [-0.2, 0) is 0 Å². The van der Waals surface area contributed by atoms with Gasteiger partial charge in [0.25, 0.3) is 0 Å². The van der Waals surface area contributed by atoms with Gasteiger partial charge in [0.15, 0.2) is 0 Å². The summed E-state index contributed by atoms with van der Waals surface area (Å²) >= 11 is 0. The van der Waals surface area contributed by atoms with Crippen molar-refractivity contribution in [3.05, 3.63) is 0 Å². The van der Waals surface area contributed by atoms with Crippen LogP contribution < -0.4 is 0 Å². The summed E-state index contributed by atoms with van der Waals surface area (Å²) in [6.07, 6.45) is 0. The van der Waals surface area contributed by atoms with E-state index in [9.17, 15) is 0 Å². The standard InChI is InChI=1S/BH3.H4O4Si.Sr.2H/c;1-5(2,3)4;;;/h1H3;1-4H;;;. The maximum atomic E-state index is 7.33. The Kier molecular flexibility index (Phi) is 13.0. The Labute approximate surface area is 81.1 Å². The fraction of sp³-hybridized carbons (Fsp3) is 0. The molecule has 0 radical (unpaired) electrons. The van der Waals surface area contributed by atoms with E-state index in [4.69, 9.17) is 19.2 Å². The molecule has 0 aromatic carbocycles. The van der Waals surface area contributed by atoms with E-state index in [1.54, 1.807) is 0 Å². The van der Waals surface area contributed by atoms with Crippen LogP contribution in [-0.4, -0.2) is 82.1 Å². The molecule has 0 aliphatic carbocycles. The quantitative estimate of drug-likeness (QED) is 0.296. The third-order valence-corrected chi connectivity index (χ3v) is 0. The summed E-state index contributed by atoms with van der Waals surface area (Å²) in [7, 11) is -4.61. The number of rotatable bonds is 0. The molecule has 0 spiro atoms. The first-order valence-corrected chi connectivity index (χ1v) is 2.68. The van der Waals surface area contributed by atoms with Crippen molar-refractivity contribution in [2.45, 2.75) is 0 Å². The van der Waals surface area contributed by atoms with Gasteiger partial charge < -0.3 is 19.2 Å². The predicted octanol–water partition coefficient (Wildman–Crippen LogP) is -4.71. The summed E-state index contributed by atoms with van der Waals surface area (Å²) in [5.41, 5.74) is 0. The summed E-state index contributed by atoms with van der Waals surface area (Å²) in [5, 5.41) is 0. The van der Waals surface area contributed by atoms with Crippen molar-refractivity contribution in [1.29, 1.82) is 0 Å². The van der Waals surface area contributed by atoms with E-state index in [0.717, 1.165) is 0 Å². The summed E-state index contributed by atoms with van der Waals surface area (Å²) in [6.45, 7) is 0. The van der Waals surface area contributed by atoms with Crippen molar-refractivity contribution >= 4 is 62.9 Å². The molecular formula is H9BO4SiSr. The summed E-state index contributed by atoms with van der Waals surface area (Å²) in [6, 6.07) is 0. The Morgan fingerprint density at radius 2 is 0.857 bits per heavy atom. The van der Waals surface area contributed by atoms with Crippen molar-refractivity contribution < 1.29 is 19.2 Å². The third-order valence-electron chi connectivity index (χ3n) is 0. The van der Waals surface area contributed by atoms with Crippen LogP contribution in [0.2, 0.25) is 0 Å². The van der Waals surface area contributed by atoms with Crippen molar-refractivity contribution in [1.82, 2.24) is 0 Å². The number of hydrogen-bond donors (Lipinski definition) is 4. The third kappa shape index (κ3) is 92.9. The molecule has 4 nitrogen and oxygen atoms in total. The monoisotopic (exact) mass is 200 g/mol. The molecule has 0 heterocycles. The van der Waals surface area contributed by atoms with Gasteiger partial charge in [0, 0.05) is 0 Å². The molecule has 0 aliphatic heterocycles. The second kappa shape index (κ2) is 5.73. The Balaban J connectivity index is -0.0000000800. The molecule has 0 saturated carbocycles. The minimum absolute atomic E-state index is 0. The SMILES string of the molecule is B.O[Si](O)(O)O.[SrH2]. The first kappa shape index (κ1) is 15.8. The van der Waals surface area contributed by atoms with Gasteiger partial charge in [-0.25, -0.2) is 0 Å². The van der Waals surface area contributed by atoms with Gasteiger partial charge in [0.05, 0.1) is 8.41 Å². The van der Waals surface area contributed by atoms with Crippen LogP contribution in [0.25, 0.3) is 0 Å². The van der Waals surface area contributed by atoms with Crippen molar-refractivity contribution in [2.24, 2.45) is 0 Å². The normalized spacial score (nSPS) is 8.57. The molecule has 0 fully saturated rings. The van der Waals surface area contributed by atoms with Crippen LogP contribution in [0.4, 0.5) is 0 Å². The van der Waals surface area contributed by atoms with E-state index in [1.807, 2.05) is 0 Å². The number of hydrogen-bond acceptors (Lipinski definition) is 4. The molecule has 0 unspecified atom stereocenters. The Bertz CT molecular complexity index is 27.2. The molecular weight excluding hydrogens is 191 g/mol. The van der Waals surface area contributed by atoms with Crippen LogP contribution in [0.15, 0.2) is 0 Å². The minimum atomic E-state index is -4.61. The Morgan fingerprint density at radius 1 is 0.857 bits per heavy atom. The molecule has 0 rings (SSSR count). The van der Waals surface area contributed by atoms with Crippen LogP contribution in [0.3, 0.4) is 0 Å². The van der Waals surface area contributed by atoms with Gasteiger partial charge in [-0.1, -0.05) is 0 Å². The molecule has 0 aromatic rings. The topological polar surface area (TPSA) is 80.9 Å². The molecule has 7 heteroatoms. The van der Waals surface area contributed by atoms with Gasteiger partial charge in [-0.15, -0.1) is 0 Å². The van der Waals surface area contributed by atoms with Crippen LogP contribution in [0.5, 0.6) is 0 Å². The van der Waals surface area contributed by atoms with Crippen LogP contribution in [0, 0.1) is 0 Å². The summed E-state index contributed by atoms with van der Waals surface area (Å²) in [5.74, 6) is 0. The first-order valence-electron chi connectivity index (χ1n) is 0.894. The van der Waals surface area contributed by atoms with E-state index in [1.165, 1.54) is 0 Å². The first-order chi connectivity index (χ1) is 2.00. The maximum absolute atomic E-state index is 7.33. The molecule has 0 bridgehead atoms. The fourth-order valence-corrected chi connectivity index (χ4v) is 0. The molecule has 0 atom stereocenters. The molecule has 7 heavy (non-hydrogen) atoms. The van der Waals surface area contributed by atoms with E-state index >= 15 is 0 Å². The van der Waals surface area contributed by atoms with E-state index in [0.29, 0.717) is 0 Å². The summed E-state index contributed by atoms with van der Waals surface area (Å²) < 4.78 is 0. The van der Waals surface area contributed by atoms with Crippen molar-refractivity contribution in [3.8, 4) is 0 Å². The Hall–Kier alpha value is 1.60. The van der Waals surface area contributed by atoms with E-state index < -0.39 is 9.05 Å². The molecule has 0 saturated heterocycles. The van der Waals surface area contributed by atoms with Gasteiger partial charge in [-0.2, -0.15) is 0 Å². The molecule has 4 N–H and O–H groups in total. The molecule has 0 amide bonds. The van der Waals surface area contributed by atoms with E-state index in [-0.39, 0.29) is 53.9 Å². The zero-order chi connectivity index (χ0) is 4.50. The molecule has 42 valence electrons. The molecule has 0 aromatic heterocycles. The van der Waals surface area contributed by atoms with Crippen molar-refractivity contribution in [3.63, 3.8) is 0 Å². The average molecular weight is 200 g/mol. The summed E-state index contributed by atoms with van der Waals surface area (Å²) in [4.78, 5) is 29.3. The Morgan fingerprint density at radius 3 is 0.857 bits per heavy atom. The van der Waals surface area contributed by atoms with Crippen LogP contribution in [0.1, 0.15) is 0 Å².